The van der Waals surface area contributed by atoms with E-state index < -0.39 is 29.1 Å². The Morgan fingerprint density at radius 1 is 0.872 bits per heavy atom. The summed E-state index contributed by atoms with van der Waals surface area (Å²) < 4.78 is 40.6. The molecule has 194 valence electrons. The minimum Gasteiger partial charge on any atom is -0.269 e. The highest BCUT2D eigenvalue weighted by atomic mass is 19.4. The number of hydrogen-bond acceptors (Lipinski definition) is 6. The second-order valence-corrected chi connectivity index (χ2v) is 8.96. The number of alkyl halides is 3. The second-order valence-electron chi connectivity index (χ2n) is 8.96. The zero-order valence-corrected chi connectivity index (χ0v) is 20.2. The number of hydrogen-bond donors (Lipinski definition) is 1. The molecule has 0 fully saturated rings. The summed E-state index contributed by atoms with van der Waals surface area (Å²) in [6, 6.07) is 13.6. The molecule has 0 aliphatic carbocycles. The van der Waals surface area contributed by atoms with Crippen LogP contribution in [0.3, 0.4) is 0 Å². The molecule has 0 atom stereocenters. The molecule has 0 saturated heterocycles. The lowest BCUT2D eigenvalue weighted by Gasteiger charge is -2.15. The Labute approximate surface area is 217 Å². The Balaban J connectivity index is 1.43. The number of H-pyrrole nitrogens is 1. The van der Waals surface area contributed by atoms with Crippen LogP contribution in [-0.2, 0) is 19.8 Å². The smallest absolute Gasteiger partial charge is 0.269 e. The maximum atomic E-state index is 13.0. The number of imide groups is 1. The van der Waals surface area contributed by atoms with Crippen molar-refractivity contribution in [3.8, 4) is 22.5 Å². The zero-order chi connectivity index (χ0) is 27.5. The van der Waals surface area contributed by atoms with E-state index in [-0.39, 0.29) is 12.2 Å². The number of carbonyl (C=O) groups excluding carboxylic acids is 2. The molecule has 1 aliphatic heterocycles. The highest BCUT2D eigenvalue weighted by Crippen LogP contribution is 2.35. The molecule has 6 rings (SSSR count). The largest absolute Gasteiger partial charge is 0.417 e. The van der Waals surface area contributed by atoms with Gasteiger partial charge in [-0.15, -0.1) is 0 Å². The number of amides is 2. The number of aryl methyl sites for hydroxylation is 1. The lowest BCUT2D eigenvalue weighted by Crippen LogP contribution is -2.30. The van der Waals surface area contributed by atoms with E-state index in [4.69, 9.17) is 0 Å². The fourth-order valence-electron chi connectivity index (χ4n) is 4.69. The van der Waals surface area contributed by atoms with Crippen molar-refractivity contribution in [2.24, 2.45) is 7.05 Å². The number of aromatic amines is 1. The quantitative estimate of drug-likeness (QED) is 0.349. The third-order valence-electron chi connectivity index (χ3n) is 6.64. The number of fused-ring (bicyclic) bond motifs is 2. The van der Waals surface area contributed by atoms with Crippen LogP contribution in [0.25, 0.3) is 33.3 Å². The number of nitrogens with zero attached hydrogens (tertiary/aromatic N) is 5. The number of benzene rings is 2. The Morgan fingerprint density at radius 3 is 2.23 bits per heavy atom. The van der Waals surface area contributed by atoms with Gasteiger partial charge < -0.3 is 0 Å². The maximum Gasteiger partial charge on any atom is 0.417 e. The summed E-state index contributed by atoms with van der Waals surface area (Å²) in [7, 11) is 1.64. The van der Waals surface area contributed by atoms with Crippen molar-refractivity contribution in [3.05, 3.63) is 99.7 Å². The fraction of sp³-hybridized carbons (Fsp3) is 0.111. The summed E-state index contributed by atoms with van der Waals surface area (Å²) in [5.74, 6) is -0.924. The Morgan fingerprint density at radius 2 is 1.59 bits per heavy atom. The third kappa shape index (κ3) is 3.97. The van der Waals surface area contributed by atoms with Gasteiger partial charge in [-0.05, 0) is 42.0 Å². The highest BCUT2D eigenvalue weighted by molar-refractivity contribution is 6.21. The molecule has 0 radical (unpaired) electrons. The molecule has 5 aromatic rings. The van der Waals surface area contributed by atoms with Gasteiger partial charge in [-0.3, -0.25) is 28.9 Å². The monoisotopic (exact) mass is 530 g/mol. The summed E-state index contributed by atoms with van der Waals surface area (Å²) >= 11 is 0. The molecule has 0 saturated carbocycles. The minimum atomic E-state index is -4.52. The molecule has 3 aromatic heterocycles. The van der Waals surface area contributed by atoms with Crippen LogP contribution >= 0.6 is 0 Å². The van der Waals surface area contributed by atoms with E-state index in [9.17, 15) is 27.6 Å². The summed E-state index contributed by atoms with van der Waals surface area (Å²) in [5.41, 5.74) is 1.42. The first-order valence-electron chi connectivity index (χ1n) is 11.7. The van der Waals surface area contributed by atoms with Crippen LogP contribution < -0.4 is 5.56 Å². The van der Waals surface area contributed by atoms with Crippen molar-refractivity contribution in [3.63, 3.8) is 0 Å². The van der Waals surface area contributed by atoms with Gasteiger partial charge in [0.15, 0.2) is 0 Å². The number of rotatable bonds is 4. The molecule has 0 bridgehead atoms. The van der Waals surface area contributed by atoms with Gasteiger partial charge in [-0.1, -0.05) is 18.2 Å². The van der Waals surface area contributed by atoms with Crippen LogP contribution in [0, 0.1) is 0 Å². The molecular weight excluding hydrogens is 513 g/mol. The fourth-order valence-corrected chi connectivity index (χ4v) is 4.69. The van der Waals surface area contributed by atoms with Gasteiger partial charge >= 0.3 is 6.18 Å². The topological polar surface area (TPSA) is 114 Å². The van der Waals surface area contributed by atoms with Crippen LogP contribution in [0.4, 0.5) is 13.2 Å². The van der Waals surface area contributed by atoms with Crippen molar-refractivity contribution >= 4 is 22.6 Å². The average molecular weight is 530 g/mol. The third-order valence-corrected chi connectivity index (χ3v) is 6.64. The van der Waals surface area contributed by atoms with Gasteiger partial charge in [-0.25, -0.2) is 5.10 Å². The van der Waals surface area contributed by atoms with E-state index in [1.165, 1.54) is 10.7 Å². The van der Waals surface area contributed by atoms with Crippen LogP contribution in [0.5, 0.6) is 0 Å². The van der Waals surface area contributed by atoms with Gasteiger partial charge in [0.1, 0.15) is 0 Å². The van der Waals surface area contributed by atoms with E-state index >= 15 is 0 Å². The average Bonchev–Trinajstić information content (AvgIpc) is 3.42. The number of pyridine rings is 1. The minimum absolute atomic E-state index is 0.177. The summed E-state index contributed by atoms with van der Waals surface area (Å²) in [6.07, 6.45) is -2.22. The van der Waals surface area contributed by atoms with E-state index in [0.29, 0.717) is 44.4 Å². The van der Waals surface area contributed by atoms with Crippen molar-refractivity contribution in [1.29, 1.82) is 0 Å². The number of carbonyl (C=O) groups is 2. The van der Waals surface area contributed by atoms with Crippen LogP contribution in [0.15, 0.2) is 71.8 Å². The van der Waals surface area contributed by atoms with Crippen molar-refractivity contribution in [2.45, 2.75) is 12.7 Å². The Kier molecular flexibility index (Phi) is 5.42. The Hall–Kier alpha value is -5.13. The highest BCUT2D eigenvalue weighted by Gasteiger charge is 2.36. The molecule has 2 amide bonds. The molecule has 0 unspecified atom stereocenters. The molecule has 1 N–H and O–H groups in total. The normalized spacial score (nSPS) is 13.4. The van der Waals surface area contributed by atoms with Gasteiger partial charge in [0.2, 0.25) is 0 Å². The molecule has 2 aromatic carbocycles. The number of halogens is 3. The first-order chi connectivity index (χ1) is 18.6. The van der Waals surface area contributed by atoms with E-state index in [0.717, 1.165) is 17.2 Å². The number of nitrogens with one attached hydrogen (secondary N) is 1. The molecule has 1 aliphatic rings. The SMILES string of the molecule is Cn1ncc(-c2ccc3c(=O)[nH]nc(CN4C(=O)c5ccccc5C4=O)c3c2)c1-c1ccc(C(F)(F)F)cn1. The predicted molar refractivity (Wildman–Crippen MR) is 133 cm³/mol. The first kappa shape index (κ1) is 24.2. The standard InChI is InChI=1S/C27H17F3N6O3/c1-35-23(21-9-7-15(11-31-21)27(28,29)30)20(12-32-35)14-6-8-16-19(10-14)22(33-34-24(16)37)13-36-25(38)17-4-2-3-5-18(17)26(36)39/h2-12H,13H2,1H3,(H,34,37). The van der Waals surface area contributed by atoms with Gasteiger partial charge in [-0.2, -0.15) is 23.4 Å². The lowest BCUT2D eigenvalue weighted by molar-refractivity contribution is -0.137. The van der Waals surface area contributed by atoms with Crippen molar-refractivity contribution in [2.75, 3.05) is 0 Å². The summed E-state index contributed by atoms with van der Waals surface area (Å²) in [4.78, 5) is 43.4. The van der Waals surface area contributed by atoms with Gasteiger partial charge in [0.05, 0.1) is 51.9 Å². The van der Waals surface area contributed by atoms with Gasteiger partial charge in [0, 0.05) is 24.2 Å². The lowest BCUT2D eigenvalue weighted by atomic mass is 10.00. The van der Waals surface area contributed by atoms with E-state index in [2.05, 4.69) is 20.3 Å². The zero-order valence-electron chi connectivity index (χ0n) is 20.2. The van der Waals surface area contributed by atoms with E-state index in [1.807, 2.05) is 0 Å². The molecule has 0 spiro atoms. The van der Waals surface area contributed by atoms with Crippen molar-refractivity contribution < 1.29 is 22.8 Å². The van der Waals surface area contributed by atoms with Gasteiger partial charge in [0.25, 0.3) is 17.4 Å². The van der Waals surface area contributed by atoms with Crippen LogP contribution in [0.2, 0.25) is 0 Å². The van der Waals surface area contributed by atoms with E-state index in [1.54, 1.807) is 55.7 Å². The molecule has 39 heavy (non-hydrogen) atoms. The van der Waals surface area contributed by atoms with Crippen LogP contribution in [0.1, 0.15) is 32.0 Å². The predicted octanol–water partition coefficient (Wildman–Crippen LogP) is 4.20. The molecule has 4 heterocycles. The Bertz CT molecular complexity index is 1820. The summed E-state index contributed by atoms with van der Waals surface area (Å²) in [6.45, 7) is -0.177. The second kappa shape index (κ2) is 8.72. The van der Waals surface area contributed by atoms with Crippen LogP contribution in [-0.4, -0.2) is 41.7 Å². The molecular formula is C27H17F3N6O3. The number of aromatic nitrogens is 5. The maximum absolute atomic E-state index is 13.0. The summed E-state index contributed by atoms with van der Waals surface area (Å²) in [5, 5.41) is 11.5. The molecule has 12 heteroatoms. The first-order valence-corrected chi connectivity index (χ1v) is 11.7. The molecule has 9 nitrogen and oxygen atoms in total. The van der Waals surface area contributed by atoms with Crippen molar-refractivity contribution in [1.82, 2.24) is 29.9 Å².